The molecule has 0 radical (unpaired) electrons. The van der Waals surface area contributed by atoms with Crippen molar-refractivity contribution < 1.29 is 9.59 Å². The van der Waals surface area contributed by atoms with Gasteiger partial charge >= 0.3 is 220 Å². The summed E-state index contributed by atoms with van der Waals surface area (Å²) >= 11 is -0.0612. The molecule has 0 atom stereocenters. The average Bonchev–Trinajstić information content (AvgIpc) is 2.95. The minimum absolute atomic E-state index is 0.0612. The van der Waals surface area contributed by atoms with Gasteiger partial charge in [-0.3, -0.25) is 0 Å². The normalized spacial score (nSPS) is 13.1. The van der Waals surface area contributed by atoms with Gasteiger partial charge in [-0.2, -0.15) is 0 Å². The zero-order valence-electron chi connectivity index (χ0n) is 19.6. The predicted octanol–water partition coefficient (Wildman–Crippen LogP) is 6.07. The molecule has 172 valence electrons. The van der Waals surface area contributed by atoms with Crippen LogP contribution in [0.25, 0.3) is 43.8 Å². The zero-order valence-corrected chi connectivity index (χ0v) is 21.3. The van der Waals surface area contributed by atoms with E-state index in [9.17, 15) is 9.59 Å². The van der Waals surface area contributed by atoms with E-state index in [4.69, 9.17) is 0 Å². The number of hydrogen-bond acceptors (Lipinski definition) is 2. The van der Waals surface area contributed by atoms with Crippen molar-refractivity contribution >= 4 is 57.0 Å². The van der Waals surface area contributed by atoms with Crippen LogP contribution in [-0.2, 0) is 0 Å². The molecule has 3 heteroatoms. The molecule has 0 spiro atoms. The number of carbonyl (C=O) groups excluding carboxylic acids is 2. The molecule has 2 aliphatic carbocycles. The molecule has 37 heavy (non-hydrogen) atoms. The van der Waals surface area contributed by atoms with E-state index in [1.54, 1.807) is 0 Å². The molecule has 0 aliphatic heterocycles. The minimum atomic E-state index is -0.0612. The van der Waals surface area contributed by atoms with E-state index in [-0.39, 0.29) is 26.5 Å². The van der Waals surface area contributed by atoms with Crippen LogP contribution in [0, 0.1) is 0 Å². The molecule has 0 bridgehead atoms. The Morgan fingerprint density at radius 1 is 0.378 bits per heavy atom. The number of rotatable bonds is 2. The van der Waals surface area contributed by atoms with Crippen molar-refractivity contribution in [1.29, 1.82) is 0 Å². The molecule has 0 saturated carbocycles. The Morgan fingerprint density at radius 2 is 0.784 bits per heavy atom. The molecule has 0 fully saturated rings. The van der Waals surface area contributed by atoms with E-state index in [0.29, 0.717) is 0 Å². The van der Waals surface area contributed by atoms with E-state index >= 15 is 0 Å². The van der Waals surface area contributed by atoms with E-state index in [2.05, 4.69) is 48.5 Å². The molecule has 0 saturated heterocycles. The molecular formula is C34H18O2Se. The summed E-state index contributed by atoms with van der Waals surface area (Å²) in [6, 6.07) is 36.8. The number of hydrogen-bond donors (Lipinski definition) is 0. The van der Waals surface area contributed by atoms with Crippen molar-refractivity contribution in [3.63, 3.8) is 0 Å². The average molecular weight is 537 g/mol. The van der Waals surface area contributed by atoms with Crippen LogP contribution in [-0.4, -0.2) is 26.5 Å². The standard InChI is InChI=1S/C34H18O2Se/c35-33-23-11-3-1-9-21(23)31-27(17-15-19-7-5-13-25(33)29(19)31)37-28-18-16-20-8-6-14-26-30(20)32(28)22-10-2-4-12-24(22)34(26)36/h1-18H. The number of benzene rings is 6. The second-order valence-electron chi connectivity index (χ2n) is 9.54. The van der Waals surface area contributed by atoms with Gasteiger partial charge in [0.25, 0.3) is 0 Å². The second kappa shape index (κ2) is 7.60. The third kappa shape index (κ3) is 2.81. The van der Waals surface area contributed by atoms with Crippen LogP contribution in [0.2, 0.25) is 0 Å². The fraction of sp³-hybridized carbons (Fsp3) is 0. The summed E-state index contributed by atoms with van der Waals surface area (Å²) in [5.41, 5.74) is 7.46. The van der Waals surface area contributed by atoms with Crippen LogP contribution < -0.4 is 8.92 Å². The molecule has 6 aromatic carbocycles. The van der Waals surface area contributed by atoms with Crippen molar-refractivity contribution in [1.82, 2.24) is 0 Å². The monoisotopic (exact) mass is 538 g/mol. The summed E-state index contributed by atoms with van der Waals surface area (Å²) in [5, 5.41) is 4.29. The van der Waals surface area contributed by atoms with Gasteiger partial charge in [-0.25, -0.2) is 0 Å². The quantitative estimate of drug-likeness (QED) is 0.251. The van der Waals surface area contributed by atoms with Crippen LogP contribution in [0.1, 0.15) is 31.8 Å². The molecule has 2 nitrogen and oxygen atoms in total. The van der Waals surface area contributed by atoms with Crippen LogP contribution in [0.4, 0.5) is 0 Å². The van der Waals surface area contributed by atoms with Crippen molar-refractivity contribution in [2.24, 2.45) is 0 Å². The Bertz CT molecular complexity index is 1860. The van der Waals surface area contributed by atoms with Crippen LogP contribution in [0.3, 0.4) is 0 Å². The van der Waals surface area contributed by atoms with Gasteiger partial charge in [-0.1, -0.05) is 0 Å². The van der Waals surface area contributed by atoms with Gasteiger partial charge in [0.05, 0.1) is 0 Å². The molecule has 0 N–H and O–H groups in total. The maximum atomic E-state index is 13.4. The summed E-state index contributed by atoms with van der Waals surface area (Å²) in [6.45, 7) is 0. The Balaban J connectivity index is 1.43. The summed E-state index contributed by atoms with van der Waals surface area (Å²) in [5.74, 6) is 0.187. The van der Waals surface area contributed by atoms with Crippen molar-refractivity contribution in [3.8, 4) is 22.3 Å². The molecule has 6 aromatic rings. The summed E-state index contributed by atoms with van der Waals surface area (Å²) in [7, 11) is 0. The summed E-state index contributed by atoms with van der Waals surface area (Å²) in [6.07, 6.45) is 0. The fourth-order valence-corrected chi connectivity index (χ4v) is 8.40. The van der Waals surface area contributed by atoms with Crippen LogP contribution >= 0.6 is 0 Å². The second-order valence-corrected chi connectivity index (χ2v) is 11.8. The molecule has 2 aliphatic rings. The molecule has 0 aromatic heterocycles. The van der Waals surface area contributed by atoms with Gasteiger partial charge in [0.15, 0.2) is 0 Å². The van der Waals surface area contributed by atoms with Gasteiger partial charge in [0.2, 0.25) is 0 Å². The van der Waals surface area contributed by atoms with Gasteiger partial charge < -0.3 is 0 Å². The Labute approximate surface area is 219 Å². The SMILES string of the molecule is O=C1c2ccccc2-c2c([Se]c3ccc4cccc5c4c3-c3ccccc3C5=O)ccc3cccc1c23. The first-order valence-corrected chi connectivity index (χ1v) is 14.0. The van der Waals surface area contributed by atoms with Gasteiger partial charge in [0, 0.05) is 0 Å². The predicted molar refractivity (Wildman–Crippen MR) is 151 cm³/mol. The fourth-order valence-electron chi connectivity index (χ4n) is 6.01. The van der Waals surface area contributed by atoms with E-state index in [1.165, 1.54) is 20.1 Å². The number of carbonyl (C=O) groups is 2. The molecule has 8 rings (SSSR count). The molecular weight excluding hydrogens is 519 g/mol. The molecule has 0 amide bonds. The zero-order chi connectivity index (χ0) is 24.7. The number of ketones is 2. The van der Waals surface area contributed by atoms with Gasteiger partial charge in [-0.15, -0.1) is 0 Å². The Kier molecular flexibility index (Phi) is 4.28. The third-order valence-electron chi connectivity index (χ3n) is 7.61. The third-order valence-corrected chi connectivity index (χ3v) is 9.96. The van der Waals surface area contributed by atoms with Gasteiger partial charge in [0.1, 0.15) is 0 Å². The Hall–Kier alpha value is -4.30. The molecule has 0 heterocycles. The van der Waals surface area contributed by atoms with E-state index in [1.807, 2.05) is 60.7 Å². The first kappa shape index (κ1) is 20.8. The van der Waals surface area contributed by atoms with Gasteiger partial charge in [-0.05, 0) is 0 Å². The summed E-state index contributed by atoms with van der Waals surface area (Å²) < 4.78 is 2.49. The topological polar surface area (TPSA) is 34.1 Å². The summed E-state index contributed by atoms with van der Waals surface area (Å²) in [4.78, 5) is 26.8. The van der Waals surface area contributed by atoms with E-state index < -0.39 is 0 Å². The van der Waals surface area contributed by atoms with Crippen molar-refractivity contribution in [2.75, 3.05) is 0 Å². The van der Waals surface area contributed by atoms with Crippen LogP contribution in [0.15, 0.2) is 109 Å². The number of fused-ring (bicyclic) bond motifs is 4. The van der Waals surface area contributed by atoms with Crippen LogP contribution in [0.5, 0.6) is 0 Å². The van der Waals surface area contributed by atoms with E-state index in [0.717, 1.165) is 54.9 Å². The first-order valence-electron chi connectivity index (χ1n) is 12.3. The van der Waals surface area contributed by atoms with Crippen molar-refractivity contribution in [2.45, 2.75) is 0 Å². The maximum absolute atomic E-state index is 13.4. The first-order chi connectivity index (χ1) is 18.2. The molecule has 0 unspecified atom stereocenters. The van der Waals surface area contributed by atoms with Crippen molar-refractivity contribution in [3.05, 3.63) is 131 Å². The Morgan fingerprint density at radius 3 is 1.24 bits per heavy atom.